The molecule has 0 aliphatic heterocycles. The van der Waals surface area contributed by atoms with Crippen LogP contribution in [0.3, 0.4) is 0 Å². The van der Waals surface area contributed by atoms with E-state index in [0.717, 1.165) is 0 Å². The molecule has 0 aliphatic rings. The molecule has 0 saturated heterocycles. The van der Waals surface area contributed by atoms with Gasteiger partial charge in [0.25, 0.3) is 0 Å². The fourth-order valence-electron chi connectivity index (χ4n) is 2.23. The van der Waals surface area contributed by atoms with Gasteiger partial charge in [-0.05, 0) is 0 Å². The Hall–Kier alpha value is -1.04. The maximum absolute atomic E-state index is 11.1. The third kappa shape index (κ3) is 6.65. The van der Waals surface area contributed by atoms with Gasteiger partial charge in [0.1, 0.15) is 0 Å². The van der Waals surface area contributed by atoms with Crippen LogP contribution in [0.25, 0.3) is 0 Å². The molecular weight excluding hydrogens is 444 g/mol. The van der Waals surface area contributed by atoms with Gasteiger partial charge in [0.2, 0.25) is 0 Å². The van der Waals surface area contributed by atoms with E-state index in [0.29, 0.717) is 44.9 Å². The molecule has 0 aliphatic carbocycles. The molecule has 136 valence electrons. The van der Waals surface area contributed by atoms with Gasteiger partial charge in [0.15, 0.2) is 0 Å². The van der Waals surface area contributed by atoms with Crippen LogP contribution in [0.1, 0.15) is 12.8 Å². The van der Waals surface area contributed by atoms with E-state index in [1.54, 1.807) is 0 Å². The van der Waals surface area contributed by atoms with Crippen molar-refractivity contribution in [3.05, 3.63) is 6.92 Å². The van der Waals surface area contributed by atoms with Crippen molar-refractivity contribution < 1.29 is 83.9 Å². The van der Waals surface area contributed by atoms with Crippen LogP contribution in [0.5, 0.6) is 0 Å². The average Bonchev–Trinajstić information content (AvgIpc) is 2.59. The standard InChI is InChI=1S/C4H6.6CH3NO.3Ti/c1-3-4-2;6*2-1-3;;;/h1,3-4H2;6*1H,(H2,2,3);;;/q;;;;;;;3*+2/p-6. The van der Waals surface area contributed by atoms with Crippen molar-refractivity contribution in [2.45, 2.75) is 13.2 Å². The number of amides is 6. The Morgan fingerprint density at radius 1 is 0.600 bits per heavy atom. The first-order chi connectivity index (χ1) is 12.1. The molecule has 0 heterocycles. The van der Waals surface area contributed by atoms with Gasteiger partial charge >= 0.3 is 165 Å². The van der Waals surface area contributed by atoms with Crippen molar-refractivity contribution in [2.24, 2.45) is 0 Å². The maximum atomic E-state index is 11.1. The van der Waals surface area contributed by atoms with Crippen LogP contribution in [0.15, 0.2) is 0 Å². The molecule has 0 fully saturated rings. The van der Waals surface area contributed by atoms with Crippen LogP contribution in [-0.4, -0.2) is 38.5 Å². The first kappa shape index (κ1) is 24.0. The van der Waals surface area contributed by atoms with Gasteiger partial charge in [0, 0.05) is 0 Å². The summed E-state index contributed by atoms with van der Waals surface area (Å²) in [7, 11) is 0. The Morgan fingerprint density at radius 2 is 0.840 bits per heavy atom. The van der Waals surface area contributed by atoms with E-state index in [-0.39, 0.29) is 6.42 Å². The predicted molar refractivity (Wildman–Crippen MR) is 72.5 cm³/mol. The first-order valence-corrected chi connectivity index (χ1v) is 13.8. The van der Waals surface area contributed by atoms with Crippen molar-refractivity contribution in [1.29, 1.82) is 0 Å². The Morgan fingerprint density at radius 3 is 1.00 bits per heavy atom. The van der Waals surface area contributed by atoms with Crippen molar-refractivity contribution in [2.75, 3.05) is 0 Å². The molecule has 15 heteroatoms. The average molecular weight is 462 g/mol. The van der Waals surface area contributed by atoms with Crippen molar-refractivity contribution >= 4 is 38.5 Å². The van der Waals surface area contributed by atoms with Crippen LogP contribution < -0.4 is 22.8 Å². The molecule has 0 saturated carbocycles. The topological polar surface area (TPSA) is 175 Å². The second kappa shape index (κ2) is 14.2. The molecule has 1 radical (unpaired) electrons. The van der Waals surface area contributed by atoms with Gasteiger partial charge in [-0.15, -0.1) is 0 Å². The zero-order chi connectivity index (χ0) is 19.1. The Labute approximate surface area is 164 Å². The van der Waals surface area contributed by atoms with Gasteiger partial charge in [-0.3, -0.25) is 0 Å². The molecule has 0 bridgehead atoms. The van der Waals surface area contributed by atoms with E-state index in [2.05, 4.69) is 29.7 Å². The van der Waals surface area contributed by atoms with E-state index in [1.807, 2.05) is 0 Å². The van der Waals surface area contributed by atoms with Crippen LogP contribution in [0, 0.1) is 6.92 Å². The number of rotatable bonds is 17. The zero-order valence-corrected chi connectivity index (χ0v) is 17.7. The third-order valence-corrected chi connectivity index (χ3v) is 21.7. The SMILES string of the molecule is [CH2]CC[C]([Ti]([NH]C=O)[NH]C=O)([Ti]([NH]C=O)[NH]C=O)[Ti]([NH]C=O)[NH]C=O. The molecule has 6 amide bonds. The van der Waals surface area contributed by atoms with Crippen molar-refractivity contribution in [1.82, 2.24) is 22.8 Å². The minimum atomic E-state index is -3.10. The molecule has 0 spiro atoms. The van der Waals surface area contributed by atoms with Crippen LogP contribution in [0.2, 0.25) is 0.329 Å². The van der Waals surface area contributed by atoms with E-state index < -0.39 is 55.5 Å². The van der Waals surface area contributed by atoms with E-state index in [9.17, 15) is 28.8 Å². The van der Waals surface area contributed by atoms with Gasteiger partial charge in [-0.1, -0.05) is 0 Å². The van der Waals surface area contributed by atoms with E-state index in [1.165, 1.54) is 0 Å². The summed E-state index contributed by atoms with van der Waals surface area (Å²) in [6.45, 7) is 3.76. The third-order valence-electron chi connectivity index (χ3n) is 3.05. The molecule has 0 aromatic carbocycles. The fourth-order valence-corrected chi connectivity index (χ4v) is 19.6. The molecule has 0 aromatic heterocycles. The van der Waals surface area contributed by atoms with Gasteiger partial charge in [-0.25, -0.2) is 0 Å². The molecular formula is C10H18N6O6Ti3. The molecule has 12 nitrogen and oxygen atoms in total. The number of hydrogen-bond donors (Lipinski definition) is 6. The predicted octanol–water partition coefficient (Wildman–Crippen LogP) is -3.51. The summed E-state index contributed by atoms with van der Waals surface area (Å²) in [6.07, 6.45) is 2.99. The molecule has 25 heavy (non-hydrogen) atoms. The number of nitrogens with one attached hydrogen (secondary N) is 6. The second-order valence-electron chi connectivity index (χ2n) is 4.21. The Bertz CT molecular complexity index is 383. The van der Waals surface area contributed by atoms with Crippen LogP contribution in [0.4, 0.5) is 0 Å². The molecule has 0 unspecified atom stereocenters. The summed E-state index contributed by atoms with van der Waals surface area (Å²) in [5.41, 5.74) is 0. The molecule has 0 aromatic rings. The number of carbonyl (C=O) groups excluding carboxylic acids is 6. The summed E-state index contributed by atoms with van der Waals surface area (Å²) >= 11 is -9.29. The normalized spacial score (nSPS) is 9.48. The number of carbonyl (C=O) groups is 6. The van der Waals surface area contributed by atoms with Crippen LogP contribution in [-0.2, 0) is 83.9 Å². The minimum absolute atomic E-state index is 0.262. The molecule has 6 N–H and O–H groups in total. The first-order valence-electron chi connectivity index (χ1n) is 6.75. The molecule has 0 atom stereocenters. The summed E-state index contributed by atoms with van der Waals surface area (Å²) in [5.74, 6) is 0. The van der Waals surface area contributed by atoms with Crippen molar-refractivity contribution in [3.8, 4) is 0 Å². The summed E-state index contributed by atoms with van der Waals surface area (Å²) < 4.78 is 14.5. The van der Waals surface area contributed by atoms with E-state index in [4.69, 9.17) is 0 Å². The Balaban J connectivity index is 6.42. The van der Waals surface area contributed by atoms with Gasteiger partial charge < -0.3 is 0 Å². The number of hydrogen-bond acceptors (Lipinski definition) is 6. The monoisotopic (exact) mass is 462 g/mol. The summed E-state index contributed by atoms with van der Waals surface area (Å²) in [5, 5.41) is 0. The second-order valence-corrected chi connectivity index (χ2v) is 18.1. The fraction of sp³-hybridized carbons (Fsp3) is 0.300. The summed E-state index contributed by atoms with van der Waals surface area (Å²) in [4.78, 5) is 66.3. The van der Waals surface area contributed by atoms with Gasteiger partial charge in [-0.2, -0.15) is 0 Å². The summed E-state index contributed by atoms with van der Waals surface area (Å²) in [6, 6.07) is 0. The zero-order valence-electron chi connectivity index (χ0n) is 13.0. The molecule has 0 rings (SSSR count). The van der Waals surface area contributed by atoms with Crippen molar-refractivity contribution in [3.63, 3.8) is 0 Å². The quantitative estimate of drug-likeness (QED) is 0.0967. The van der Waals surface area contributed by atoms with Gasteiger partial charge in [0.05, 0.1) is 0 Å². The Kier molecular flexibility index (Phi) is 13.6. The van der Waals surface area contributed by atoms with Crippen LogP contribution >= 0.6 is 0 Å². The van der Waals surface area contributed by atoms with E-state index >= 15 is 0 Å².